The lowest BCUT2D eigenvalue weighted by Crippen LogP contribution is -2.17. The number of hydrogen-bond donors (Lipinski definition) is 6. The first-order valence-corrected chi connectivity index (χ1v) is 21.6. The summed E-state index contributed by atoms with van der Waals surface area (Å²) in [6.07, 6.45) is -20.7. The third kappa shape index (κ3) is 10.8. The predicted octanol–water partition coefficient (Wildman–Crippen LogP) is 16.3. The van der Waals surface area contributed by atoms with Gasteiger partial charge in [-0.3, -0.25) is 15.0 Å². The molecule has 1 aromatic heterocycles. The van der Waals surface area contributed by atoms with Crippen LogP contribution in [-0.4, -0.2) is 22.0 Å². The zero-order valence-electron chi connectivity index (χ0n) is 37.4. The van der Waals surface area contributed by atoms with Crippen molar-refractivity contribution in [2.75, 3.05) is 21.5 Å². The van der Waals surface area contributed by atoms with Gasteiger partial charge < -0.3 is 30.7 Å². The smallest absolute Gasteiger partial charge is 0.416 e. The Morgan fingerprint density at radius 2 is 0.933 bits per heavy atom. The van der Waals surface area contributed by atoms with Gasteiger partial charge >= 0.3 is 24.7 Å². The maximum atomic E-state index is 13.5. The van der Waals surface area contributed by atoms with Crippen molar-refractivity contribution in [1.29, 1.82) is 0 Å². The number of benzene rings is 8. The van der Waals surface area contributed by atoms with E-state index in [2.05, 4.69) is 21.1 Å². The Kier molecular flexibility index (Phi) is 12.8. The van der Waals surface area contributed by atoms with Crippen molar-refractivity contribution < 1.29 is 76.9 Å². The number of amides is 2. The summed E-state index contributed by atoms with van der Waals surface area (Å²) in [6.45, 7) is 0. The molecule has 0 radical (unpaired) electrons. The van der Waals surface area contributed by atoms with Crippen LogP contribution in [0.1, 0.15) is 43.0 Å². The summed E-state index contributed by atoms with van der Waals surface area (Å²) in [5.74, 6) is -3.53. The van der Waals surface area contributed by atoms with Crippen LogP contribution in [0.4, 0.5) is 86.8 Å². The summed E-state index contributed by atoms with van der Waals surface area (Å²) in [6, 6.07) is 29.0. The summed E-state index contributed by atoms with van der Waals surface area (Å²) in [5.41, 5.74) is -2.24. The van der Waals surface area contributed by atoms with Gasteiger partial charge in [-0.1, -0.05) is 48.5 Å². The number of azo groups is 1. The van der Waals surface area contributed by atoms with Gasteiger partial charge in [0.2, 0.25) is 0 Å². The number of hydrogen-bond acceptors (Lipinski definition) is 9. The number of anilines is 4. The number of phenolic OH excluding ortho intramolecular Hbond substituents is 2. The number of nitrogens with zero attached hydrogens (tertiary/aromatic N) is 2. The quantitative estimate of drug-likeness (QED) is 0.0344. The SMILES string of the molecule is O=C(Nc1cc(C(F)(F)F)cc(C(F)(F)F)c1)c1cc2ccccc2c(N=Nc2ccc(-c3cc4cc(NNc5c(O)c(C(=O)Nc6cc(C(F)(F)F)cc(C(F)(F)F)c6)cc6ccccc56)ccc4o3)cc2)c1O. The van der Waals surface area contributed by atoms with E-state index in [-0.39, 0.29) is 29.2 Å². The summed E-state index contributed by atoms with van der Waals surface area (Å²) in [7, 11) is 0. The van der Waals surface area contributed by atoms with E-state index in [1.807, 2.05) is 10.6 Å². The van der Waals surface area contributed by atoms with Crippen LogP contribution in [0.15, 0.2) is 160 Å². The fourth-order valence-electron chi connectivity index (χ4n) is 7.88. The molecule has 2 amide bonds. The zero-order valence-corrected chi connectivity index (χ0v) is 37.4. The average molecular weight is 1050 g/mol. The lowest BCUT2D eigenvalue weighted by atomic mass is 10.0. The van der Waals surface area contributed by atoms with Gasteiger partial charge in [0.15, 0.2) is 11.5 Å². The third-order valence-electron chi connectivity index (χ3n) is 11.5. The van der Waals surface area contributed by atoms with Crippen molar-refractivity contribution in [1.82, 2.24) is 0 Å². The lowest BCUT2D eigenvalue weighted by Gasteiger charge is -2.18. The van der Waals surface area contributed by atoms with Gasteiger partial charge in [-0.05, 0) is 108 Å². The molecular weight excluding hydrogens is 1020 g/mol. The first-order chi connectivity index (χ1) is 35.3. The molecule has 0 aliphatic carbocycles. The molecule has 0 unspecified atom stereocenters. The Morgan fingerprint density at radius 1 is 0.453 bits per heavy atom. The van der Waals surface area contributed by atoms with E-state index in [1.54, 1.807) is 78.9 Å². The van der Waals surface area contributed by atoms with Crippen LogP contribution >= 0.6 is 0 Å². The van der Waals surface area contributed by atoms with Crippen molar-refractivity contribution in [2.45, 2.75) is 24.7 Å². The van der Waals surface area contributed by atoms with Gasteiger partial charge in [0.25, 0.3) is 11.8 Å². The first-order valence-electron chi connectivity index (χ1n) is 21.6. The van der Waals surface area contributed by atoms with Crippen LogP contribution in [-0.2, 0) is 24.7 Å². The molecule has 8 aromatic carbocycles. The number of carbonyl (C=O) groups excluding carboxylic acids is 2. The van der Waals surface area contributed by atoms with E-state index in [4.69, 9.17) is 4.42 Å². The summed E-state index contributed by atoms with van der Waals surface area (Å²) in [4.78, 5) is 26.8. The van der Waals surface area contributed by atoms with E-state index < -0.39 is 92.8 Å². The molecule has 0 aliphatic rings. The molecule has 23 heteroatoms. The molecule has 0 spiro atoms. The second-order valence-corrected chi connectivity index (χ2v) is 16.6. The molecule has 9 aromatic rings. The molecule has 75 heavy (non-hydrogen) atoms. The van der Waals surface area contributed by atoms with Gasteiger partial charge in [0.05, 0.1) is 44.8 Å². The fraction of sp³-hybridized carbons (Fsp3) is 0.0769. The van der Waals surface area contributed by atoms with Crippen LogP contribution in [0.5, 0.6) is 11.5 Å². The van der Waals surface area contributed by atoms with E-state index >= 15 is 0 Å². The number of aromatic hydroxyl groups is 2. The molecule has 0 aliphatic heterocycles. The minimum Gasteiger partial charge on any atom is -0.505 e. The molecule has 6 N–H and O–H groups in total. The maximum absolute atomic E-state index is 13.5. The maximum Gasteiger partial charge on any atom is 0.416 e. The molecule has 0 saturated carbocycles. The van der Waals surface area contributed by atoms with Crippen LogP contribution in [0, 0.1) is 0 Å². The van der Waals surface area contributed by atoms with E-state index in [1.165, 1.54) is 30.3 Å². The van der Waals surface area contributed by atoms with Crippen molar-refractivity contribution in [3.63, 3.8) is 0 Å². The number of hydrazine groups is 1. The largest absolute Gasteiger partial charge is 0.505 e. The number of carbonyl (C=O) groups is 2. The van der Waals surface area contributed by atoms with Crippen LogP contribution < -0.4 is 21.5 Å². The monoisotopic (exact) mass is 1050 g/mol. The summed E-state index contributed by atoms with van der Waals surface area (Å²) >= 11 is 0. The van der Waals surface area contributed by atoms with Gasteiger partial charge in [-0.25, -0.2) is 0 Å². The molecule has 9 rings (SSSR count). The van der Waals surface area contributed by atoms with Gasteiger partial charge in [0, 0.05) is 33.1 Å². The Balaban J connectivity index is 0.927. The minimum atomic E-state index is -5.18. The molecule has 0 saturated heterocycles. The van der Waals surface area contributed by atoms with Crippen molar-refractivity contribution in [3.05, 3.63) is 179 Å². The summed E-state index contributed by atoms with van der Waals surface area (Å²) in [5, 5.41) is 36.9. The number of rotatable bonds is 10. The minimum absolute atomic E-state index is 0.0647. The van der Waals surface area contributed by atoms with E-state index in [0.29, 0.717) is 73.8 Å². The molecule has 0 atom stereocenters. The number of halogens is 12. The van der Waals surface area contributed by atoms with Crippen molar-refractivity contribution >= 4 is 78.5 Å². The Hall–Kier alpha value is -9.28. The average Bonchev–Trinajstić information content (AvgIpc) is 3.78. The zero-order chi connectivity index (χ0) is 53.8. The summed E-state index contributed by atoms with van der Waals surface area (Å²) < 4.78 is 168. The van der Waals surface area contributed by atoms with E-state index in [0.717, 1.165) is 0 Å². The van der Waals surface area contributed by atoms with Crippen LogP contribution in [0.25, 0.3) is 43.8 Å². The van der Waals surface area contributed by atoms with Crippen molar-refractivity contribution in [2.24, 2.45) is 10.2 Å². The van der Waals surface area contributed by atoms with Crippen molar-refractivity contribution in [3.8, 4) is 22.8 Å². The third-order valence-corrected chi connectivity index (χ3v) is 11.5. The van der Waals surface area contributed by atoms with Gasteiger partial charge in [-0.2, -0.15) is 57.8 Å². The predicted molar refractivity (Wildman–Crippen MR) is 253 cm³/mol. The number of phenols is 2. The second kappa shape index (κ2) is 19.0. The molecular formula is C52H30F12N6O5. The number of furan rings is 1. The molecule has 0 fully saturated rings. The normalized spacial score (nSPS) is 12.4. The highest BCUT2D eigenvalue weighted by atomic mass is 19.4. The Labute approximate surface area is 412 Å². The molecule has 11 nitrogen and oxygen atoms in total. The molecule has 0 bridgehead atoms. The Bertz CT molecular complexity index is 3690. The molecule has 1 heterocycles. The highest BCUT2D eigenvalue weighted by Crippen LogP contribution is 2.43. The second-order valence-electron chi connectivity index (χ2n) is 16.6. The molecule has 382 valence electrons. The first kappa shape index (κ1) is 50.7. The Morgan fingerprint density at radius 3 is 1.45 bits per heavy atom. The topological polar surface area (TPSA) is 161 Å². The van der Waals surface area contributed by atoms with Gasteiger partial charge in [0.1, 0.15) is 22.7 Å². The van der Waals surface area contributed by atoms with Crippen LogP contribution in [0.2, 0.25) is 0 Å². The number of alkyl halides is 12. The van der Waals surface area contributed by atoms with Crippen LogP contribution in [0.3, 0.4) is 0 Å². The fourth-order valence-corrected chi connectivity index (χ4v) is 7.88. The highest BCUT2D eigenvalue weighted by Gasteiger charge is 2.39. The van der Waals surface area contributed by atoms with E-state index in [9.17, 15) is 72.5 Å². The van der Waals surface area contributed by atoms with Gasteiger partial charge in [-0.15, -0.1) is 5.11 Å². The standard InChI is InChI=1S/C52H30F12N6O5/c53-49(54,55)29-19-30(50(56,57)58)22-35(21-29)65-47(73)39-16-26-5-1-3-7-37(26)43(45(39)71)69-67-33-11-9-25(10-12-33)42-18-28-15-34(13-14-41(28)75-42)68-70-44-38-8-4-2-6-27(38)17-40(46(44)72)48(74)66-36-23-31(51(59,60)61)20-32(24-36)52(62,63)64/h1-24,68,70-72H,(H,65,73)(H,66,74). The number of nitrogens with one attached hydrogen (secondary N) is 4. The number of fused-ring (bicyclic) bond motifs is 3. The lowest BCUT2D eigenvalue weighted by molar-refractivity contribution is -0.144. The highest BCUT2D eigenvalue weighted by molar-refractivity contribution is 6.13.